The van der Waals surface area contributed by atoms with Crippen molar-refractivity contribution in [1.82, 2.24) is 9.13 Å². The van der Waals surface area contributed by atoms with Crippen molar-refractivity contribution in [2.75, 3.05) is 0 Å². The molecule has 3 aromatic heterocycles. The Morgan fingerprint density at radius 1 is 0.390 bits per heavy atom. The summed E-state index contributed by atoms with van der Waals surface area (Å²) in [6.45, 7) is 0. The van der Waals surface area contributed by atoms with Crippen LogP contribution in [0.2, 0.25) is 0 Å². The number of hydrogen-bond acceptors (Lipinski definition) is 1. The first kappa shape index (κ1) is 22.3. The maximum absolute atomic E-state index is 6.62. The van der Waals surface area contributed by atoms with E-state index in [1.807, 2.05) is 0 Å². The average molecular weight is 525 g/mol. The number of fused-ring (bicyclic) bond motifs is 8. The molecule has 0 N–H and O–H groups in total. The molecular formula is C38H24N2O. The van der Waals surface area contributed by atoms with E-state index in [1.54, 1.807) is 0 Å². The van der Waals surface area contributed by atoms with E-state index in [0.717, 1.165) is 44.2 Å². The first-order valence-electron chi connectivity index (χ1n) is 14.0. The zero-order chi connectivity index (χ0) is 26.9. The van der Waals surface area contributed by atoms with Crippen LogP contribution in [0.4, 0.5) is 0 Å². The van der Waals surface area contributed by atoms with Crippen molar-refractivity contribution >= 4 is 54.8 Å². The SMILES string of the molecule is c1ccc(-n2c3ccccc3c3cc(-c4ccc5c(c4)oc4c6ccccc6n(-c6ccccc6)c54)ccc32)cc1. The molecular weight excluding hydrogens is 500 g/mol. The molecule has 0 saturated carbocycles. The second-order valence-corrected chi connectivity index (χ2v) is 10.6. The Morgan fingerprint density at radius 2 is 0.951 bits per heavy atom. The van der Waals surface area contributed by atoms with Gasteiger partial charge in [0.25, 0.3) is 0 Å². The highest BCUT2D eigenvalue weighted by atomic mass is 16.3. The van der Waals surface area contributed by atoms with Crippen molar-refractivity contribution in [1.29, 1.82) is 0 Å². The van der Waals surface area contributed by atoms with Crippen molar-refractivity contribution in [2.24, 2.45) is 0 Å². The van der Waals surface area contributed by atoms with Gasteiger partial charge in [-0.15, -0.1) is 0 Å². The highest BCUT2D eigenvalue weighted by molar-refractivity contribution is 6.17. The molecule has 3 heterocycles. The lowest BCUT2D eigenvalue weighted by atomic mass is 10.0. The Kier molecular flexibility index (Phi) is 4.61. The summed E-state index contributed by atoms with van der Waals surface area (Å²) < 4.78 is 11.3. The third-order valence-electron chi connectivity index (χ3n) is 8.31. The highest BCUT2D eigenvalue weighted by Crippen LogP contribution is 2.41. The molecule has 0 aliphatic heterocycles. The molecule has 0 unspecified atom stereocenters. The lowest BCUT2D eigenvalue weighted by Crippen LogP contribution is -1.93. The van der Waals surface area contributed by atoms with E-state index in [9.17, 15) is 0 Å². The Hall–Kier alpha value is -5.54. The van der Waals surface area contributed by atoms with Crippen LogP contribution >= 0.6 is 0 Å². The van der Waals surface area contributed by atoms with Gasteiger partial charge in [0.2, 0.25) is 0 Å². The van der Waals surface area contributed by atoms with E-state index in [4.69, 9.17) is 4.42 Å². The quantitative estimate of drug-likeness (QED) is 0.225. The Balaban J connectivity index is 1.26. The molecule has 9 aromatic rings. The minimum Gasteiger partial charge on any atom is -0.454 e. The number of para-hydroxylation sites is 4. The van der Waals surface area contributed by atoms with E-state index in [0.29, 0.717) is 0 Å². The molecule has 0 aliphatic carbocycles. The maximum Gasteiger partial charge on any atom is 0.161 e. The van der Waals surface area contributed by atoms with Gasteiger partial charge < -0.3 is 13.6 Å². The lowest BCUT2D eigenvalue weighted by molar-refractivity contribution is 0.673. The van der Waals surface area contributed by atoms with Crippen LogP contribution < -0.4 is 0 Å². The van der Waals surface area contributed by atoms with Crippen molar-refractivity contribution in [3.63, 3.8) is 0 Å². The van der Waals surface area contributed by atoms with Crippen LogP contribution in [-0.2, 0) is 0 Å². The summed E-state index contributed by atoms with van der Waals surface area (Å²) in [6.07, 6.45) is 0. The molecule has 0 radical (unpaired) electrons. The lowest BCUT2D eigenvalue weighted by Gasteiger charge is -2.08. The minimum atomic E-state index is 0.898. The molecule has 0 saturated heterocycles. The van der Waals surface area contributed by atoms with Crippen molar-refractivity contribution < 1.29 is 4.42 Å². The molecule has 192 valence electrons. The molecule has 0 amide bonds. The molecule has 0 atom stereocenters. The second kappa shape index (κ2) is 8.48. The van der Waals surface area contributed by atoms with Gasteiger partial charge in [-0.1, -0.05) is 78.9 Å². The first-order valence-corrected chi connectivity index (χ1v) is 14.0. The number of nitrogens with zero attached hydrogens (tertiary/aromatic N) is 2. The van der Waals surface area contributed by atoms with Crippen LogP contribution in [0, 0.1) is 0 Å². The first-order chi connectivity index (χ1) is 20.3. The third-order valence-corrected chi connectivity index (χ3v) is 8.31. The Morgan fingerprint density at radius 3 is 1.71 bits per heavy atom. The van der Waals surface area contributed by atoms with Gasteiger partial charge in [0, 0.05) is 32.9 Å². The number of aromatic nitrogens is 2. The van der Waals surface area contributed by atoms with E-state index < -0.39 is 0 Å². The summed E-state index contributed by atoms with van der Waals surface area (Å²) in [5.74, 6) is 0. The van der Waals surface area contributed by atoms with Gasteiger partial charge >= 0.3 is 0 Å². The Labute approximate surface area is 236 Å². The fraction of sp³-hybridized carbons (Fsp3) is 0. The van der Waals surface area contributed by atoms with E-state index in [1.165, 1.54) is 33.1 Å². The van der Waals surface area contributed by atoms with E-state index in [2.05, 4.69) is 155 Å². The van der Waals surface area contributed by atoms with Gasteiger partial charge in [0.1, 0.15) is 11.1 Å². The molecule has 0 bridgehead atoms. The molecule has 6 aromatic carbocycles. The minimum absolute atomic E-state index is 0.898. The largest absolute Gasteiger partial charge is 0.454 e. The molecule has 0 fully saturated rings. The summed E-state index contributed by atoms with van der Waals surface area (Å²) in [5.41, 5.74) is 11.1. The van der Waals surface area contributed by atoms with Crippen LogP contribution in [0.25, 0.3) is 77.3 Å². The van der Waals surface area contributed by atoms with Crippen molar-refractivity contribution in [3.8, 4) is 22.5 Å². The van der Waals surface area contributed by atoms with Gasteiger partial charge in [0.15, 0.2) is 5.58 Å². The molecule has 0 spiro atoms. The molecule has 3 nitrogen and oxygen atoms in total. The second-order valence-electron chi connectivity index (χ2n) is 10.6. The van der Waals surface area contributed by atoms with Gasteiger partial charge in [-0.3, -0.25) is 0 Å². The third kappa shape index (κ3) is 3.20. The predicted octanol–water partition coefficient (Wildman–Crippen LogP) is 10.3. The van der Waals surface area contributed by atoms with Crippen molar-refractivity contribution in [3.05, 3.63) is 146 Å². The summed E-state index contributed by atoms with van der Waals surface area (Å²) in [5, 5.41) is 4.74. The monoisotopic (exact) mass is 524 g/mol. The van der Waals surface area contributed by atoms with Gasteiger partial charge in [-0.2, -0.15) is 0 Å². The van der Waals surface area contributed by atoms with E-state index in [-0.39, 0.29) is 0 Å². The van der Waals surface area contributed by atoms with Gasteiger partial charge in [-0.25, -0.2) is 0 Å². The zero-order valence-corrected chi connectivity index (χ0v) is 22.2. The molecule has 3 heteroatoms. The number of rotatable bonds is 3. The topological polar surface area (TPSA) is 23.0 Å². The maximum atomic E-state index is 6.62. The molecule has 9 rings (SSSR count). The van der Waals surface area contributed by atoms with Crippen LogP contribution in [0.5, 0.6) is 0 Å². The summed E-state index contributed by atoms with van der Waals surface area (Å²) in [6, 6.07) is 51.7. The fourth-order valence-electron chi connectivity index (χ4n) is 6.50. The number of furan rings is 1. The summed E-state index contributed by atoms with van der Waals surface area (Å²) in [4.78, 5) is 0. The predicted molar refractivity (Wildman–Crippen MR) is 170 cm³/mol. The number of hydrogen-bond donors (Lipinski definition) is 0. The van der Waals surface area contributed by atoms with Crippen LogP contribution in [0.3, 0.4) is 0 Å². The standard InChI is InChI=1S/C38H24N2O/c1-3-11-27(12-4-1)39-33-17-9-7-15-29(33)32-23-25(20-22-35(32)39)26-19-21-31-36(24-26)41-38-30-16-8-10-18-34(30)40(37(31)38)28-13-5-2-6-14-28/h1-24H. The van der Waals surface area contributed by atoms with Crippen LogP contribution in [0.15, 0.2) is 150 Å². The highest BCUT2D eigenvalue weighted by Gasteiger charge is 2.20. The van der Waals surface area contributed by atoms with E-state index >= 15 is 0 Å². The van der Waals surface area contributed by atoms with Gasteiger partial charge in [-0.05, 0) is 77.9 Å². The smallest absolute Gasteiger partial charge is 0.161 e. The molecule has 0 aliphatic rings. The Bertz CT molecular complexity index is 2410. The van der Waals surface area contributed by atoms with Gasteiger partial charge in [0.05, 0.1) is 16.6 Å². The van der Waals surface area contributed by atoms with Crippen LogP contribution in [0.1, 0.15) is 0 Å². The molecule has 41 heavy (non-hydrogen) atoms. The van der Waals surface area contributed by atoms with Crippen molar-refractivity contribution in [2.45, 2.75) is 0 Å². The summed E-state index contributed by atoms with van der Waals surface area (Å²) >= 11 is 0. The average Bonchev–Trinajstić information content (AvgIpc) is 3.68. The van der Waals surface area contributed by atoms with Crippen LogP contribution in [-0.4, -0.2) is 9.13 Å². The number of benzene rings is 6. The fourth-order valence-corrected chi connectivity index (χ4v) is 6.50. The summed E-state index contributed by atoms with van der Waals surface area (Å²) in [7, 11) is 0. The normalized spacial score (nSPS) is 11.9. The zero-order valence-electron chi connectivity index (χ0n) is 22.2.